The zero-order valence-corrected chi connectivity index (χ0v) is 16.4. The molecule has 0 N–H and O–H groups in total. The summed E-state index contributed by atoms with van der Waals surface area (Å²) >= 11 is 0. The third-order valence-corrected chi connectivity index (χ3v) is 6.70. The van der Waals surface area contributed by atoms with Crippen molar-refractivity contribution in [2.45, 2.75) is 43.9 Å². The molecule has 0 spiro atoms. The highest BCUT2D eigenvalue weighted by Gasteiger charge is 2.46. The number of carbonyl (C=O) groups is 2. The Hall–Kier alpha value is -1.95. The minimum absolute atomic E-state index is 0.00384. The van der Waals surface area contributed by atoms with Crippen LogP contribution in [0.1, 0.15) is 44.1 Å². The van der Waals surface area contributed by atoms with E-state index in [1.165, 1.54) is 12.1 Å². The Morgan fingerprint density at radius 1 is 1.00 bits per heavy atom. The van der Waals surface area contributed by atoms with E-state index in [0.29, 0.717) is 52.2 Å². The molecule has 0 aromatic heterocycles. The van der Waals surface area contributed by atoms with Crippen LogP contribution >= 0.6 is 0 Å². The summed E-state index contributed by atoms with van der Waals surface area (Å²) in [6, 6.07) is 6.55. The summed E-state index contributed by atoms with van der Waals surface area (Å²) in [4.78, 5) is 30.1. The van der Waals surface area contributed by atoms with Crippen molar-refractivity contribution in [1.82, 2.24) is 9.80 Å². The van der Waals surface area contributed by atoms with Gasteiger partial charge in [0.25, 0.3) is 0 Å². The lowest BCUT2D eigenvalue weighted by molar-refractivity contribution is -0.145. The molecule has 1 aromatic carbocycles. The Labute approximate surface area is 165 Å². The van der Waals surface area contributed by atoms with Gasteiger partial charge in [0.05, 0.1) is 18.6 Å². The molecule has 2 heterocycles. The first-order chi connectivity index (χ1) is 13.6. The fourth-order valence-electron chi connectivity index (χ4n) is 5.06. The molecule has 3 fully saturated rings. The van der Waals surface area contributed by atoms with Gasteiger partial charge in [-0.15, -0.1) is 0 Å². The van der Waals surface area contributed by atoms with Crippen molar-refractivity contribution in [3.8, 4) is 0 Å². The highest BCUT2D eigenvalue weighted by molar-refractivity contribution is 5.89. The first kappa shape index (κ1) is 19.4. The molecule has 2 amide bonds. The number of amides is 2. The molecule has 0 atom stereocenters. The molecular weight excluding hydrogens is 359 g/mol. The normalized spacial score (nSPS) is 23.0. The second-order valence-corrected chi connectivity index (χ2v) is 8.30. The summed E-state index contributed by atoms with van der Waals surface area (Å²) in [5.41, 5.74) is 0.213. The predicted molar refractivity (Wildman–Crippen MR) is 103 cm³/mol. The molecule has 2 saturated heterocycles. The van der Waals surface area contributed by atoms with Crippen LogP contribution in [-0.2, 0) is 19.7 Å². The van der Waals surface area contributed by atoms with Crippen molar-refractivity contribution in [2.24, 2.45) is 5.92 Å². The minimum atomic E-state index is -0.594. The molecule has 1 aliphatic carbocycles. The van der Waals surface area contributed by atoms with E-state index in [1.807, 2.05) is 15.9 Å². The first-order valence-corrected chi connectivity index (χ1v) is 10.5. The summed E-state index contributed by atoms with van der Waals surface area (Å²) in [6.07, 6.45) is 4.97. The van der Waals surface area contributed by atoms with E-state index in [1.54, 1.807) is 6.07 Å². The van der Waals surface area contributed by atoms with Crippen molar-refractivity contribution in [3.05, 3.63) is 35.6 Å². The van der Waals surface area contributed by atoms with E-state index in [4.69, 9.17) is 4.74 Å². The number of hydrogen-bond acceptors (Lipinski definition) is 3. The lowest BCUT2D eigenvalue weighted by atomic mass is 9.77. The van der Waals surface area contributed by atoms with Crippen LogP contribution in [0, 0.1) is 11.7 Å². The molecule has 5 nitrogen and oxygen atoms in total. The Kier molecular flexibility index (Phi) is 5.67. The average molecular weight is 388 g/mol. The van der Waals surface area contributed by atoms with Gasteiger partial charge < -0.3 is 14.5 Å². The number of nitrogens with zero attached hydrogens (tertiary/aromatic N) is 2. The zero-order chi connectivity index (χ0) is 19.6. The third kappa shape index (κ3) is 3.66. The number of piperidine rings is 1. The van der Waals surface area contributed by atoms with Crippen LogP contribution in [0.2, 0.25) is 0 Å². The lowest BCUT2D eigenvalue weighted by Crippen LogP contribution is -2.51. The molecule has 3 aliphatic rings. The quantitative estimate of drug-likeness (QED) is 0.800. The number of hydrogen-bond donors (Lipinski definition) is 0. The lowest BCUT2D eigenvalue weighted by Gasteiger charge is -2.39. The first-order valence-electron chi connectivity index (χ1n) is 10.5. The smallest absolute Gasteiger partial charge is 0.233 e. The molecule has 0 bridgehead atoms. The molecule has 0 unspecified atom stereocenters. The minimum Gasteiger partial charge on any atom is -0.378 e. The summed E-state index contributed by atoms with van der Waals surface area (Å²) in [6.45, 7) is 3.77. The Bertz CT molecular complexity index is 718. The van der Waals surface area contributed by atoms with Gasteiger partial charge in [0.1, 0.15) is 5.82 Å². The van der Waals surface area contributed by atoms with Crippen molar-refractivity contribution < 1.29 is 18.7 Å². The fourth-order valence-corrected chi connectivity index (χ4v) is 5.06. The van der Waals surface area contributed by atoms with E-state index >= 15 is 0 Å². The molecule has 28 heavy (non-hydrogen) atoms. The molecule has 1 saturated carbocycles. The van der Waals surface area contributed by atoms with Gasteiger partial charge in [-0.1, -0.05) is 25.0 Å². The van der Waals surface area contributed by atoms with Crippen LogP contribution in [0.15, 0.2) is 24.3 Å². The maximum absolute atomic E-state index is 13.8. The number of halogens is 1. The van der Waals surface area contributed by atoms with Gasteiger partial charge in [0, 0.05) is 32.1 Å². The number of likely N-dealkylation sites (tertiary alicyclic amines) is 1. The highest BCUT2D eigenvalue weighted by Crippen LogP contribution is 2.43. The van der Waals surface area contributed by atoms with Crippen molar-refractivity contribution in [1.29, 1.82) is 0 Å². The van der Waals surface area contributed by atoms with Gasteiger partial charge in [-0.3, -0.25) is 9.59 Å². The van der Waals surface area contributed by atoms with Gasteiger partial charge in [0.2, 0.25) is 11.8 Å². The van der Waals surface area contributed by atoms with Crippen LogP contribution in [0.3, 0.4) is 0 Å². The number of rotatable bonds is 3. The summed E-state index contributed by atoms with van der Waals surface area (Å²) < 4.78 is 19.2. The van der Waals surface area contributed by atoms with Crippen LogP contribution < -0.4 is 0 Å². The van der Waals surface area contributed by atoms with Gasteiger partial charge in [-0.2, -0.15) is 0 Å². The van der Waals surface area contributed by atoms with Crippen molar-refractivity contribution in [2.75, 3.05) is 39.4 Å². The van der Waals surface area contributed by atoms with Gasteiger partial charge in [0.15, 0.2) is 0 Å². The van der Waals surface area contributed by atoms with Crippen LogP contribution in [0.4, 0.5) is 4.39 Å². The summed E-state index contributed by atoms with van der Waals surface area (Å²) in [5, 5.41) is 0. The number of morpholine rings is 1. The van der Waals surface area contributed by atoms with E-state index in [2.05, 4.69) is 0 Å². The van der Waals surface area contributed by atoms with Crippen molar-refractivity contribution >= 4 is 11.8 Å². The highest BCUT2D eigenvalue weighted by atomic mass is 19.1. The topological polar surface area (TPSA) is 49.9 Å². The van der Waals surface area contributed by atoms with E-state index in [0.717, 1.165) is 31.2 Å². The van der Waals surface area contributed by atoms with Crippen molar-refractivity contribution in [3.63, 3.8) is 0 Å². The third-order valence-electron chi connectivity index (χ3n) is 6.70. The maximum Gasteiger partial charge on any atom is 0.233 e. The molecule has 0 radical (unpaired) electrons. The SMILES string of the molecule is O=C(C1CCN(C(=O)C2(c3cccc(F)c3)CCCC2)CC1)N1CCOCC1. The molecule has 4 rings (SSSR count). The van der Waals surface area contributed by atoms with E-state index < -0.39 is 5.41 Å². The molecular formula is C22H29FN2O3. The molecule has 1 aromatic rings. The number of ether oxygens (including phenoxy) is 1. The largest absolute Gasteiger partial charge is 0.378 e. The van der Waals surface area contributed by atoms with Crippen LogP contribution in [0.25, 0.3) is 0 Å². The second kappa shape index (κ2) is 8.19. The van der Waals surface area contributed by atoms with E-state index in [-0.39, 0.29) is 23.5 Å². The van der Waals surface area contributed by atoms with Gasteiger partial charge >= 0.3 is 0 Å². The zero-order valence-electron chi connectivity index (χ0n) is 16.4. The Morgan fingerprint density at radius 2 is 1.68 bits per heavy atom. The number of benzene rings is 1. The average Bonchev–Trinajstić information content (AvgIpc) is 3.25. The Morgan fingerprint density at radius 3 is 2.32 bits per heavy atom. The van der Waals surface area contributed by atoms with Gasteiger partial charge in [-0.05, 0) is 43.4 Å². The standard InChI is InChI=1S/C22H29FN2O3/c23-19-5-3-4-18(16-19)22(8-1-2-9-22)21(27)25-10-6-17(7-11-25)20(26)24-12-14-28-15-13-24/h3-5,16-17H,1-2,6-15H2. The molecule has 6 heteroatoms. The predicted octanol–water partition coefficient (Wildman–Crippen LogP) is 2.73. The second-order valence-electron chi connectivity index (χ2n) is 8.30. The summed E-state index contributed by atoms with van der Waals surface area (Å²) in [7, 11) is 0. The fraction of sp³-hybridized carbons (Fsp3) is 0.636. The molecule has 2 aliphatic heterocycles. The Balaban J connectivity index is 1.43. The van der Waals surface area contributed by atoms with Gasteiger partial charge in [-0.25, -0.2) is 4.39 Å². The maximum atomic E-state index is 13.8. The van der Waals surface area contributed by atoms with Crippen LogP contribution in [0.5, 0.6) is 0 Å². The summed E-state index contributed by atoms with van der Waals surface area (Å²) in [5.74, 6) is 0.0335. The van der Waals surface area contributed by atoms with E-state index in [9.17, 15) is 14.0 Å². The van der Waals surface area contributed by atoms with Crippen LogP contribution in [-0.4, -0.2) is 61.0 Å². The number of carbonyl (C=O) groups excluding carboxylic acids is 2. The monoisotopic (exact) mass is 388 g/mol. The molecule has 152 valence electrons.